The molecule has 5 aromatic heterocycles. The van der Waals surface area contributed by atoms with Gasteiger partial charge in [-0.1, -0.05) is 189 Å². The van der Waals surface area contributed by atoms with Crippen LogP contribution in [0.2, 0.25) is 0 Å². The molecule has 0 atom stereocenters. The molecule has 0 amide bonds. The van der Waals surface area contributed by atoms with Gasteiger partial charge in [-0.2, -0.15) is 0 Å². The summed E-state index contributed by atoms with van der Waals surface area (Å²) in [4.78, 5) is 14.4. The molecule has 5 heterocycles. The Morgan fingerprint density at radius 3 is 1.29 bits per heavy atom. The third kappa shape index (κ3) is 12.0. The highest BCUT2D eigenvalue weighted by molar-refractivity contribution is 7.30. The number of hydrogen-bond acceptors (Lipinski definition) is 5. The SMILES string of the molecule is CCCCCCc1c(-c2ccc(-c3ccc(-c4ccc5c(c4)C(CCCCCC)(CCCCCC)c4cc(C(C)(C)C)ccc4-5)s3)s2)sc(-c2ccc(-c3ccc(C(C)(C)C)s3)s2)c1CCCCCC. The van der Waals surface area contributed by atoms with E-state index < -0.39 is 0 Å². The molecule has 0 saturated carbocycles. The standard InChI is InChI=1S/C65H84S5/c1-11-15-19-23-27-49-50(28-24-20-16-12-2)62(59-38-36-56(68-59)57-39-40-60(69-57)64(8,9)10)70-61(49)58-37-35-55(67-58)54-34-33-53(66-54)45-29-31-47-48-32-30-46(63(5,6)7)44-52(48)65(51(47)43-45,41-25-21-17-13-3)42-26-22-18-14-4/h29-40,43-44H,11-28,41-42H2,1-10H3. The summed E-state index contributed by atoms with van der Waals surface area (Å²) >= 11 is 10.1. The van der Waals surface area contributed by atoms with Crippen molar-refractivity contribution in [1.82, 2.24) is 0 Å². The topological polar surface area (TPSA) is 0 Å². The molecule has 0 fully saturated rings. The highest BCUT2D eigenvalue weighted by Crippen LogP contribution is 2.57. The summed E-state index contributed by atoms with van der Waals surface area (Å²) in [5.74, 6) is 0. The number of rotatable bonds is 25. The fourth-order valence-electron chi connectivity index (χ4n) is 11.1. The van der Waals surface area contributed by atoms with Crippen molar-refractivity contribution in [2.24, 2.45) is 0 Å². The zero-order chi connectivity index (χ0) is 49.5. The van der Waals surface area contributed by atoms with Crippen molar-refractivity contribution >= 4 is 56.7 Å². The predicted octanol–water partition coefficient (Wildman–Crippen LogP) is 23.4. The zero-order valence-electron chi connectivity index (χ0n) is 44.8. The summed E-state index contributed by atoms with van der Waals surface area (Å²) in [7, 11) is 0. The normalized spacial score (nSPS) is 13.4. The molecular formula is C65H84S5. The molecule has 0 saturated heterocycles. The number of hydrogen-bond donors (Lipinski definition) is 0. The first-order valence-electron chi connectivity index (χ1n) is 27.7. The monoisotopic (exact) mass is 1020 g/mol. The molecule has 2 aromatic carbocycles. The van der Waals surface area contributed by atoms with Crippen LogP contribution in [0, 0.1) is 0 Å². The minimum absolute atomic E-state index is 0.0687. The fraction of sp³-hybridized carbons (Fsp3) is 0.508. The Kier molecular flexibility index (Phi) is 18.2. The Morgan fingerprint density at radius 2 is 0.800 bits per heavy atom. The van der Waals surface area contributed by atoms with Gasteiger partial charge in [0.2, 0.25) is 0 Å². The molecule has 0 aliphatic heterocycles. The lowest BCUT2D eigenvalue weighted by Gasteiger charge is -2.34. The van der Waals surface area contributed by atoms with Crippen molar-refractivity contribution in [2.75, 3.05) is 0 Å². The van der Waals surface area contributed by atoms with Crippen molar-refractivity contribution in [2.45, 2.75) is 214 Å². The van der Waals surface area contributed by atoms with Gasteiger partial charge in [-0.3, -0.25) is 0 Å². The van der Waals surface area contributed by atoms with Gasteiger partial charge >= 0.3 is 0 Å². The molecule has 0 nitrogen and oxygen atoms in total. The largest absolute Gasteiger partial charge is 0.139 e. The van der Waals surface area contributed by atoms with E-state index in [1.807, 2.05) is 45.3 Å². The third-order valence-electron chi connectivity index (χ3n) is 15.2. The van der Waals surface area contributed by atoms with E-state index in [1.165, 1.54) is 199 Å². The van der Waals surface area contributed by atoms with Gasteiger partial charge in [0.1, 0.15) is 0 Å². The molecule has 8 rings (SSSR count). The quantitative estimate of drug-likeness (QED) is 0.0501. The smallest absolute Gasteiger partial charge is 0.0484 e. The molecule has 0 radical (unpaired) electrons. The summed E-state index contributed by atoms with van der Waals surface area (Å²) in [6, 6.07) is 34.5. The average Bonchev–Trinajstić information content (AvgIpc) is 4.21. The third-order valence-corrected chi connectivity index (χ3v) is 22.0. The second-order valence-electron chi connectivity index (χ2n) is 22.7. The van der Waals surface area contributed by atoms with Gasteiger partial charge in [0.05, 0.1) is 0 Å². The minimum Gasteiger partial charge on any atom is -0.139 e. The van der Waals surface area contributed by atoms with Gasteiger partial charge in [-0.05, 0) is 148 Å². The van der Waals surface area contributed by atoms with Crippen molar-refractivity contribution in [3.8, 4) is 60.6 Å². The van der Waals surface area contributed by atoms with E-state index in [0.717, 1.165) is 0 Å². The van der Waals surface area contributed by atoms with Gasteiger partial charge in [0.25, 0.3) is 0 Å². The number of thiophene rings is 5. The lowest BCUT2D eigenvalue weighted by Crippen LogP contribution is -2.26. The molecule has 5 heteroatoms. The summed E-state index contributed by atoms with van der Waals surface area (Å²) < 4.78 is 0. The molecule has 0 N–H and O–H groups in total. The van der Waals surface area contributed by atoms with Crippen LogP contribution in [0.1, 0.15) is 218 Å². The lowest BCUT2D eigenvalue weighted by molar-refractivity contribution is 0.400. The molecule has 374 valence electrons. The molecule has 0 bridgehead atoms. The first-order chi connectivity index (χ1) is 33.8. The Labute approximate surface area is 445 Å². The van der Waals surface area contributed by atoms with Gasteiger partial charge < -0.3 is 0 Å². The summed E-state index contributed by atoms with van der Waals surface area (Å²) in [6.45, 7) is 23.5. The van der Waals surface area contributed by atoms with Crippen molar-refractivity contribution in [1.29, 1.82) is 0 Å². The minimum atomic E-state index is 0.0687. The van der Waals surface area contributed by atoms with E-state index >= 15 is 0 Å². The second-order valence-corrected chi connectivity index (χ2v) is 28.1. The predicted molar refractivity (Wildman–Crippen MR) is 320 cm³/mol. The van der Waals surface area contributed by atoms with Gasteiger partial charge in [0.15, 0.2) is 0 Å². The second kappa shape index (κ2) is 23.9. The Hall–Kier alpha value is -3.06. The van der Waals surface area contributed by atoms with Crippen LogP contribution in [0.3, 0.4) is 0 Å². The average molecular weight is 1030 g/mol. The van der Waals surface area contributed by atoms with Gasteiger partial charge in [0, 0.05) is 54.2 Å². The summed E-state index contributed by atoms with van der Waals surface area (Å²) in [5, 5.41) is 0. The number of fused-ring (bicyclic) bond motifs is 3. The van der Waals surface area contributed by atoms with Crippen LogP contribution in [-0.4, -0.2) is 0 Å². The van der Waals surface area contributed by atoms with Crippen LogP contribution in [0.15, 0.2) is 84.9 Å². The van der Waals surface area contributed by atoms with Crippen LogP contribution < -0.4 is 0 Å². The van der Waals surface area contributed by atoms with Gasteiger partial charge in [-0.15, -0.1) is 56.7 Å². The maximum absolute atomic E-state index is 2.65. The van der Waals surface area contributed by atoms with Crippen LogP contribution in [0.4, 0.5) is 0 Å². The van der Waals surface area contributed by atoms with Crippen LogP contribution in [0.5, 0.6) is 0 Å². The Bertz CT molecular complexity index is 2740. The number of benzene rings is 2. The van der Waals surface area contributed by atoms with Crippen molar-refractivity contribution in [3.05, 3.63) is 118 Å². The van der Waals surface area contributed by atoms with E-state index in [9.17, 15) is 0 Å². The van der Waals surface area contributed by atoms with E-state index in [4.69, 9.17) is 0 Å². The Morgan fingerprint density at radius 1 is 0.371 bits per heavy atom. The van der Waals surface area contributed by atoms with E-state index in [0.29, 0.717) is 0 Å². The van der Waals surface area contributed by atoms with Crippen molar-refractivity contribution < 1.29 is 0 Å². The lowest BCUT2D eigenvalue weighted by atomic mass is 9.69. The van der Waals surface area contributed by atoms with Crippen molar-refractivity contribution in [3.63, 3.8) is 0 Å². The first kappa shape index (κ1) is 53.2. The van der Waals surface area contributed by atoms with Gasteiger partial charge in [-0.25, -0.2) is 0 Å². The molecule has 7 aromatic rings. The molecular weight excluding hydrogens is 941 g/mol. The molecule has 0 spiro atoms. The molecule has 1 aliphatic carbocycles. The number of unbranched alkanes of at least 4 members (excludes halogenated alkanes) is 12. The van der Waals surface area contributed by atoms with Crippen LogP contribution in [0.25, 0.3) is 60.6 Å². The highest BCUT2D eigenvalue weighted by atomic mass is 32.1. The maximum atomic E-state index is 2.65. The van der Waals surface area contributed by atoms with E-state index in [1.54, 1.807) is 22.3 Å². The molecule has 0 unspecified atom stereocenters. The zero-order valence-corrected chi connectivity index (χ0v) is 48.8. The maximum Gasteiger partial charge on any atom is 0.0484 e. The van der Waals surface area contributed by atoms with Crippen LogP contribution in [-0.2, 0) is 29.1 Å². The summed E-state index contributed by atoms with van der Waals surface area (Å²) in [6.07, 6.45) is 25.7. The van der Waals surface area contributed by atoms with E-state index in [-0.39, 0.29) is 16.2 Å². The fourth-order valence-corrected chi connectivity index (χ4v) is 17.0. The molecule has 70 heavy (non-hydrogen) atoms. The Balaban J connectivity index is 1.14. The first-order valence-corrected chi connectivity index (χ1v) is 31.7. The highest BCUT2D eigenvalue weighted by Gasteiger charge is 2.43. The molecule has 1 aliphatic rings. The summed E-state index contributed by atoms with van der Waals surface area (Å²) in [5.41, 5.74) is 12.7. The van der Waals surface area contributed by atoms with E-state index in [2.05, 4.69) is 166 Å². The van der Waals surface area contributed by atoms with Crippen LogP contribution >= 0.6 is 56.7 Å².